The zero-order valence-electron chi connectivity index (χ0n) is 19.9. The lowest BCUT2D eigenvalue weighted by molar-refractivity contribution is -0.0496. The standard InChI is InChI=1S/C27H31F3O3S2/c1-3-5-10-22-14-18-25(19-15-22)34(24-12-8-7-9-13-24,33-35(31,32)27(28,29)30)26-20-16-23(17-21-26)11-6-4-2/h7-9,12-21H,3-6,10-11H2,1-2H3. The number of halogens is 3. The summed E-state index contributed by atoms with van der Waals surface area (Å²) in [6.07, 6.45) is 5.65. The largest absolute Gasteiger partial charge is 0.524 e. The van der Waals surface area contributed by atoms with Crippen LogP contribution in [0.3, 0.4) is 0 Å². The molecule has 0 aliphatic heterocycles. The Morgan fingerprint density at radius 2 is 1.06 bits per heavy atom. The van der Waals surface area contributed by atoms with Gasteiger partial charge in [-0.25, -0.2) is 0 Å². The first-order valence-electron chi connectivity index (χ1n) is 11.7. The van der Waals surface area contributed by atoms with Gasteiger partial charge in [0.25, 0.3) is 0 Å². The average molecular weight is 525 g/mol. The first kappa shape index (κ1) is 27.3. The van der Waals surface area contributed by atoms with Gasteiger partial charge in [0.2, 0.25) is 0 Å². The van der Waals surface area contributed by atoms with E-state index in [0.29, 0.717) is 14.7 Å². The van der Waals surface area contributed by atoms with E-state index in [1.807, 2.05) is 24.3 Å². The molecule has 35 heavy (non-hydrogen) atoms. The fourth-order valence-electron chi connectivity index (χ4n) is 3.77. The van der Waals surface area contributed by atoms with Crippen LogP contribution in [0, 0.1) is 0 Å². The molecule has 3 rings (SSSR count). The maximum Gasteiger partial charge on any atom is 0.524 e. The van der Waals surface area contributed by atoms with Crippen LogP contribution in [0.1, 0.15) is 50.7 Å². The molecule has 0 fully saturated rings. The fourth-order valence-corrected chi connectivity index (χ4v) is 8.49. The molecule has 0 atom stereocenters. The molecule has 0 bridgehead atoms. The molecule has 0 heterocycles. The predicted molar refractivity (Wildman–Crippen MR) is 135 cm³/mol. The molecule has 0 saturated carbocycles. The van der Waals surface area contributed by atoms with Crippen molar-refractivity contribution in [1.29, 1.82) is 0 Å². The normalized spacial score (nSPS) is 13.1. The lowest BCUT2D eigenvalue weighted by Crippen LogP contribution is -2.27. The summed E-state index contributed by atoms with van der Waals surface area (Å²) in [4.78, 5) is 1.15. The van der Waals surface area contributed by atoms with Gasteiger partial charge in [-0.1, -0.05) is 69.2 Å². The second-order valence-electron chi connectivity index (χ2n) is 8.33. The summed E-state index contributed by atoms with van der Waals surface area (Å²) >= 11 is 0. The van der Waals surface area contributed by atoms with E-state index in [1.54, 1.807) is 54.6 Å². The molecule has 0 amide bonds. The van der Waals surface area contributed by atoms with Gasteiger partial charge in [-0.2, -0.15) is 25.2 Å². The van der Waals surface area contributed by atoms with Crippen LogP contribution in [0.5, 0.6) is 0 Å². The first-order chi connectivity index (χ1) is 16.6. The average Bonchev–Trinajstić information content (AvgIpc) is 2.85. The highest BCUT2D eigenvalue weighted by molar-refractivity contribution is 8.33. The molecule has 0 N–H and O–H groups in total. The topological polar surface area (TPSA) is 43.4 Å². The Bertz CT molecular complexity index is 1120. The monoisotopic (exact) mass is 524 g/mol. The van der Waals surface area contributed by atoms with Crippen molar-refractivity contribution >= 4 is 20.4 Å². The highest BCUT2D eigenvalue weighted by Crippen LogP contribution is 2.70. The van der Waals surface area contributed by atoms with Crippen LogP contribution in [-0.2, 0) is 26.6 Å². The summed E-state index contributed by atoms with van der Waals surface area (Å²) in [5, 5.41) is 0. The second-order valence-corrected chi connectivity index (χ2v) is 12.8. The van der Waals surface area contributed by atoms with Crippen LogP contribution in [0.4, 0.5) is 13.2 Å². The molecule has 3 nitrogen and oxygen atoms in total. The summed E-state index contributed by atoms with van der Waals surface area (Å²) in [5.74, 6) is 0. The number of hydrogen-bond acceptors (Lipinski definition) is 3. The van der Waals surface area contributed by atoms with Crippen molar-refractivity contribution in [3.8, 4) is 0 Å². The number of hydrogen-bond donors (Lipinski definition) is 0. The maximum atomic E-state index is 13.6. The smallest absolute Gasteiger partial charge is 0.200 e. The molecule has 0 aliphatic rings. The Hall–Kier alpha value is -2.29. The molecule has 0 unspecified atom stereocenters. The minimum atomic E-state index is -5.91. The molecule has 0 spiro atoms. The molecular weight excluding hydrogens is 493 g/mol. The van der Waals surface area contributed by atoms with Crippen LogP contribution in [0.15, 0.2) is 93.5 Å². The van der Waals surface area contributed by atoms with Gasteiger partial charge in [0.15, 0.2) is 0 Å². The van der Waals surface area contributed by atoms with E-state index in [-0.39, 0.29) is 0 Å². The molecule has 0 radical (unpaired) electrons. The van der Waals surface area contributed by atoms with E-state index in [4.69, 9.17) is 3.63 Å². The number of rotatable bonds is 11. The number of alkyl halides is 3. The van der Waals surface area contributed by atoms with Gasteiger partial charge in [-0.15, -0.1) is 0 Å². The zero-order chi connectivity index (χ0) is 25.5. The van der Waals surface area contributed by atoms with E-state index in [2.05, 4.69) is 13.8 Å². The van der Waals surface area contributed by atoms with Crippen LogP contribution in [0.2, 0.25) is 0 Å². The third-order valence-corrected chi connectivity index (χ3v) is 10.6. The van der Waals surface area contributed by atoms with Crippen LogP contribution >= 0.6 is 10.3 Å². The lowest BCUT2D eigenvalue weighted by Gasteiger charge is -2.39. The summed E-state index contributed by atoms with van der Waals surface area (Å²) < 4.78 is 71.1. The van der Waals surface area contributed by atoms with Crippen LogP contribution in [0.25, 0.3) is 0 Å². The summed E-state index contributed by atoms with van der Waals surface area (Å²) in [6, 6.07) is 22.5. The number of aryl methyl sites for hydroxylation is 2. The minimum Gasteiger partial charge on any atom is -0.200 e. The molecule has 0 saturated heterocycles. The Morgan fingerprint density at radius 1 is 0.657 bits per heavy atom. The van der Waals surface area contributed by atoms with E-state index >= 15 is 0 Å². The van der Waals surface area contributed by atoms with Gasteiger partial charge in [-0.3, -0.25) is 0 Å². The van der Waals surface area contributed by atoms with Crippen molar-refractivity contribution in [3.63, 3.8) is 0 Å². The minimum absolute atomic E-state index is 0.371. The van der Waals surface area contributed by atoms with Gasteiger partial charge in [0, 0.05) is 14.7 Å². The maximum absolute atomic E-state index is 13.6. The summed E-state index contributed by atoms with van der Waals surface area (Å²) in [7, 11) is -9.17. The van der Waals surface area contributed by atoms with Gasteiger partial charge in [-0.05, 0) is 83.5 Å². The fraction of sp³-hybridized carbons (Fsp3) is 0.333. The third kappa shape index (κ3) is 6.29. The summed E-state index contributed by atoms with van der Waals surface area (Å²) in [6.45, 7) is 4.16. The molecule has 0 aromatic heterocycles. The highest BCUT2D eigenvalue weighted by atomic mass is 32.3. The van der Waals surface area contributed by atoms with Gasteiger partial charge >= 0.3 is 15.6 Å². The zero-order valence-corrected chi connectivity index (χ0v) is 21.6. The molecule has 3 aromatic carbocycles. The molecular formula is C27H31F3O3S2. The number of benzene rings is 3. The molecule has 3 aromatic rings. The van der Waals surface area contributed by atoms with E-state index < -0.39 is 25.9 Å². The van der Waals surface area contributed by atoms with Gasteiger partial charge < -0.3 is 0 Å². The Balaban J connectivity index is 2.25. The SMILES string of the molecule is CCCCc1ccc(S(OS(=O)(=O)C(F)(F)F)(c2ccccc2)c2ccc(CCCC)cc2)cc1. The number of unbranched alkanes of at least 4 members (excludes halogenated alkanes) is 2. The predicted octanol–water partition coefficient (Wildman–Crippen LogP) is 8.43. The quantitative estimate of drug-likeness (QED) is 0.236. The van der Waals surface area contributed by atoms with Crippen LogP contribution in [-0.4, -0.2) is 13.9 Å². The second kappa shape index (κ2) is 11.6. The van der Waals surface area contributed by atoms with E-state index in [9.17, 15) is 21.6 Å². The van der Waals surface area contributed by atoms with Gasteiger partial charge in [0.1, 0.15) is 0 Å². The molecule has 190 valence electrons. The lowest BCUT2D eigenvalue weighted by atomic mass is 10.1. The molecule has 8 heteroatoms. The van der Waals surface area contributed by atoms with E-state index in [0.717, 1.165) is 49.7 Å². The summed E-state index contributed by atoms with van der Waals surface area (Å²) in [5.41, 5.74) is -3.49. The van der Waals surface area contributed by atoms with E-state index in [1.165, 1.54) is 0 Å². The first-order valence-corrected chi connectivity index (χ1v) is 14.7. The Morgan fingerprint density at radius 3 is 1.43 bits per heavy atom. The van der Waals surface area contributed by atoms with Gasteiger partial charge in [0.05, 0.1) is 0 Å². The van der Waals surface area contributed by atoms with Crippen LogP contribution < -0.4 is 0 Å². The molecule has 0 aliphatic carbocycles. The van der Waals surface area contributed by atoms with Crippen molar-refractivity contribution < 1.29 is 25.2 Å². The third-order valence-electron chi connectivity index (χ3n) is 5.70. The van der Waals surface area contributed by atoms with Crippen molar-refractivity contribution in [1.82, 2.24) is 0 Å². The Kier molecular flexibility index (Phi) is 9.07. The van der Waals surface area contributed by atoms with Crippen molar-refractivity contribution in [2.24, 2.45) is 0 Å². The van der Waals surface area contributed by atoms with Crippen molar-refractivity contribution in [2.45, 2.75) is 72.6 Å². The van der Waals surface area contributed by atoms with Crippen molar-refractivity contribution in [2.75, 3.05) is 0 Å². The van der Waals surface area contributed by atoms with Crippen molar-refractivity contribution in [3.05, 3.63) is 90.0 Å². The Labute approximate surface area is 208 Å². The highest BCUT2D eigenvalue weighted by Gasteiger charge is 2.52.